The maximum Gasteiger partial charge on any atom is 0.217 e. The second kappa shape index (κ2) is 3.25. The van der Waals surface area contributed by atoms with Gasteiger partial charge in [0.05, 0.1) is 12.2 Å². The van der Waals surface area contributed by atoms with Gasteiger partial charge in [-0.25, -0.2) is 0 Å². The number of nitrogens with two attached hydrogens (primary N) is 1. The first kappa shape index (κ1) is 8.58. The van der Waals surface area contributed by atoms with Crippen LogP contribution in [0, 0.1) is 0 Å². The molecule has 0 aliphatic heterocycles. The van der Waals surface area contributed by atoms with Crippen LogP contribution in [0.1, 0.15) is 12.6 Å². The van der Waals surface area contributed by atoms with Crippen LogP contribution in [-0.2, 0) is 18.4 Å². The van der Waals surface area contributed by atoms with Gasteiger partial charge in [-0.3, -0.25) is 9.48 Å². The van der Waals surface area contributed by atoms with Crippen LogP contribution in [0.15, 0.2) is 6.07 Å². The first-order valence-electron chi connectivity index (χ1n) is 3.62. The molecule has 0 saturated carbocycles. The van der Waals surface area contributed by atoms with Gasteiger partial charge >= 0.3 is 0 Å². The van der Waals surface area contributed by atoms with Crippen molar-refractivity contribution in [2.45, 2.75) is 13.5 Å². The van der Waals surface area contributed by atoms with Gasteiger partial charge in [0.1, 0.15) is 5.82 Å². The van der Waals surface area contributed by atoms with E-state index in [0.29, 0.717) is 12.4 Å². The molecule has 0 spiro atoms. The highest BCUT2D eigenvalue weighted by molar-refractivity contribution is 5.72. The van der Waals surface area contributed by atoms with Crippen molar-refractivity contribution < 1.29 is 4.79 Å². The highest BCUT2D eigenvalue weighted by atomic mass is 16.1. The number of anilines is 1. The molecule has 5 nitrogen and oxygen atoms in total. The minimum absolute atomic E-state index is 0.0604. The van der Waals surface area contributed by atoms with Crippen LogP contribution < -0.4 is 11.1 Å². The van der Waals surface area contributed by atoms with Crippen molar-refractivity contribution in [1.82, 2.24) is 15.1 Å². The minimum Gasteiger partial charge on any atom is -0.382 e. The van der Waals surface area contributed by atoms with Crippen molar-refractivity contribution in [3.05, 3.63) is 11.8 Å². The fraction of sp³-hybridized carbons (Fsp3) is 0.429. The Morgan fingerprint density at radius 3 is 2.92 bits per heavy atom. The van der Waals surface area contributed by atoms with Crippen molar-refractivity contribution in [3.63, 3.8) is 0 Å². The number of amides is 1. The highest BCUT2D eigenvalue weighted by Crippen LogP contribution is 2.02. The number of carbonyl (C=O) groups is 1. The monoisotopic (exact) mass is 168 g/mol. The summed E-state index contributed by atoms with van der Waals surface area (Å²) in [4.78, 5) is 10.6. The van der Waals surface area contributed by atoms with Crippen LogP contribution in [0.4, 0.5) is 5.82 Å². The normalized spacial score (nSPS) is 9.83. The van der Waals surface area contributed by atoms with Crippen LogP contribution in [0.25, 0.3) is 0 Å². The molecule has 0 aliphatic rings. The van der Waals surface area contributed by atoms with Crippen molar-refractivity contribution in [2.24, 2.45) is 7.05 Å². The number of rotatable bonds is 2. The molecule has 1 amide bonds. The first-order chi connectivity index (χ1) is 5.59. The third-order valence-corrected chi connectivity index (χ3v) is 1.51. The van der Waals surface area contributed by atoms with Crippen molar-refractivity contribution >= 4 is 11.7 Å². The third kappa shape index (κ3) is 1.98. The summed E-state index contributed by atoms with van der Waals surface area (Å²) in [5.74, 6) is 0.410. The van der Waals surface area contributed by atoms with Gasteiger partial charge in [0.25, 0.3) is 0 Å². The number of nitrogens with zero attached hydrogens (tertiary/aromatic N) is 2. The maximum atomic E-state index is 10.6. The zero-order chi connectivity index (χ0) is 9.14. The van der Waals surface area contributed by atoms with Crippen molar-refractivity contribution in [1.29, 1.82) is 0 Å². The Morgan fingerprint density at radius 2 is 2.50 bits per heavy atom. The van der Waals surface area contributed by atoms with Gasteiger partial charge < -0.3 is 11.1 Å². The molecular formula is C7H12N4O. The van der Waals surface area contributed by atoms with Gasteiger partial charge in [-0.15, -0.1) is 0 Å². The second-order valence-electron chi connectivity index (χ2n) is 2.59. The van der Waals surface area contributed by atoms with E-state index < -0.39 is 0 Å². The van der Waals surface area contributed by atoms with Crippen LogP contribution in [0.3, 0.4) is 0 Å². The maximum absolute atomic E-state index is 10.6. The van der Waals surface area contributed by atoms with E-state index in [1.807, 2.05) is 0 Å². The van der Waals surface area contributed by atoms with Gasteiger partial charge in [0.15, 0.2) is 0 Å². The number of nitrogen functional groups attached to an aromatic ring is 1. The van der Waals surface area contributed by atoms with Crippen LogP contribution in [0.5, 0.6) is 0 Å². The van der Waals surface area contributed by atoms with E-state index in [1.165, 1.54) is 6.92 Å². The lowest BCUT2D eigenvalue weighted by molar-refractivity contribution is -0.119. The summed E-state index contributed by atoms with van der Waals surface area (Å²) in [6, 6.07) is 1.73. The fourth-order valence-electron chi connectivity index (χ4n) is 0.911. The average molecular weight is 168 g/mol. The quantitative estimate of drug-likeness (QED) is 0.633. The van der Waals surface area contributed by atoms with Gasteiger partial charge in [0, 0.05) is 20.0 Å². The summed E-state index contributed by atoms with van der Waals surface area (Å²) >= 11 is 0. The molecule has 1 heterocycles. The molecule has 0 atom stereocenters. The molecule has 0 aliphatic carbocycles. The third-order valence-electron chi connectivity index (χ3n) is 1.51. The molecule has 0 aromatic carbocycles. The van der Waals surface area contributed by atoms with E-state index in [-0.39, 0.29) is 5.91 Å². The van der Waals surface area contributed by atoms with Gasteiger partial charge in [-0.05, 0) is 0 Å². The van der Waals surface area contributed by atoms with E-state index in [2.05, 4.69) is 10.4 Å². The Morgan fingerprint density at radius 1 is 1.83 bits per heavy atom. The minimum atomic E-state index is -0.0604. The molecular weight excluding hydrogens is 156 g/mol. The molecule has 66 valence electrons. The molecule has 1 aromatic rings. The SMILES string of the molecule is CC(=O)NCc1cc(N)nn1C. The predicted molar refractivity (Wildman–Crippen MR) is 45.1 cm³/mol. The molecule has 0 radical (unpaired) electrons. The Hall–Kier alpha value is -1.52. The molecule has 5 heteroatoms. The fourth-order valence-corrected chi connectivity index (χ4v) is 0.911. The molecule has 0 unspecified atom stereocenters. The number of aryl methyl sites for hydroxylation is 1. The van der Waals surface area contributed by atoms with E-state index in [0.717, 1.165) is 5.69 Å². The summed E-state index contributed by atoms with van der Waals surface area (Å²) in [7, 11) is 1.79. The number of carbonyl (C=O) groups excluding carboxylic acids is 1. The van der Waals surface area contributed by atoms with Gasteiger partial charge in [-0.1, -0.05) is 0 Å². The Labute approximate surface area is 70.5 Å². The molecule has 3 N–H and O–H groups in total. The zero-order valence-electron chi connectivity index (χ0n) is 7.16. The van der Waals surface area contributed by atoms with E-state index in [1.54, 1.807) is 17.8 Å². The Balaban J connectivity index is 2.62. The summed E-state index contributed by atoms with van der Waals surface area (Å²) in [5.41, 5.74) is 6.33. The second-order valence-corrected chi connectivity index (χ2v) is 2.59. The molecule has 1 rings (SSSR count). The number of hydrogen-bond donors (Lipinski definition) is 2. The van der Waals surface area contributed by atoms with E-state index >= 15 is 0 Å². The van der Waals surface area contributed by atoms with Crippen molar-refractivity contribution in [2.75, 3.05) is 5.73 Å². The average Bonchev–Trinajstić information content (AvgIpc) is 2.26. The summed E-state index contributed by atoms with van der Waals surface area (Å²) in [5, 5.41) is 6.59. The molecule has 12 heavy (non-hydrogen) atoms. The summed E-state index contributed by atoms with van der Waals surface area (Å²) < 4.78 is 1.64. The molecule has 0 fully saturated rings. The van der Waals surface area contributed by atoms with E-state index in [4.69, 9.17) is 5.73 Å². The van der Waals surface area contributed by atoms with Crippen molar-refractivity contribution in [3.8, 4) is 0 Å². The van der Waals surface area contributed by atoms with Crippen LogP contribution in [0.2, 0.25) is 0 Å². The highest BCUT2D eigenvalue weighted by Gasteiger charge is 2.01. The van der Waals surface area contributed by atoms with Gasteiger partial charge in [-0.2, -0.15) is 5.10 Å². The smallest absolute Gasteiger partial charge is 0.217 e. The largest absolute Gasteiger partial charge is 0.382 e. The number of aromatic nitrogens is 2. The van der Waals surface area contributed by atoms with E-state index in [9.17, 15) is 4.79 Å². The lowest BCUT2D eigenvalue weighted by atomic mass is 10.4. The molecule has 1 aromatic heterocycles. The van der Waals surface area contributed by atoms with Crippen LogP contribution in [-0.4, -0.2) is 15.7 Å². The standard InChI is InChI=1S/C7H12N4O/c1-5(12)9-4-6-3-7(8)10-11(6)2/h3H,4H2,1-2H3,(H2,8,10)(H,9,12). The van der Waals surface area contributed by atoms with Gasteiger partial charge in [0.2, 0.25) is 5.91 Å². The number of hydrogen-bond acceptors (Lipinski definition) is 3. The topological polar surface area (TPSA) is 72.9 Å². The lowest BCUT2D eigenvalue weighted by Crippen LogP contribution is -2.20. The Kier molecular flexibility index (Phi) is 2.32. The van der Waals surface area contributed by atoms with Crippen LogP contribution >= 0.6 is 0 Å². The predicted octanol–water partition coefficient (Wildman–Crippen LogP) is -0.362. The summed E-state index contributed by atoms with van der Waals surface area (Å²) in [6.45, 7) is 1.94. The first-order valence-corrected chi connectivity index (χ1v) is 3.62. The molecule has 0 bridgehead atoms. The summed E-state index contributed by atoms with van der Waals surface area (Å²) in [6.07, 6.45) is 0. The number of nitrogens with one attached hydrogen (secondary N) is 1. The molecule has 0 saturated heterocycles. The zero-order valence-corrected chi connectivity index (χ0v) is 7.16. The Bertz CT molecular complexity index is 292. The lowest BCUT2D eigenvalue weighted by Gasteiger charge is -2.00.